The molecular formula is C24H15N7O5S. The SMILES string of the molecule is O=c1c(N=Nc2ccc([N+](=O)[O-])cc2)c(-c2ccc([N+](=O)[O-])cc2)[nH]n1-c1nc(-c2ccccc2)cs1. The molecule has 2 aromatic heterocycles. The van der Waals surface area contributed by atoms with Crippen LogP contribution in [0.4, 0.5) is 22.7 Å². The number of H-pyrrole nitrogens is 1. The fourth-order valence-electron chi connectivity index (χ4n) is 3.46. The summed E-state index contributed by atoms with van der Waals surface area (Å²) < 4.78 is 1.23. The monoisotopic (exact) mass is 513 g/mol. The van der Waals surface area contributed by atoms with Crippen molar-refractivity contribution in [1.29, 1.82) is 0 Å². The number of nitro groups is 2. The average molecular weight is 513 g/mol. The summed E-state index contributed by atoms with van der Waals surface area (Å²) in [4.78, 5) is 38.9. The third-order valence-corrected chi connectivity index (χ3v) is 6.14. The molecule has 13 heteroatoms. The Balaban J connectivity index is 1.58. The van der Waals surface area contributed by atoms with E-state index in [2.05, 4.69) is 20.3 Å². The first kappa shape index (κ1) is 23.4. The predicted octanol–water partition coefficient (Wildman–Crippen LogP) is 6.19. The summed E-state index contributed by atoms with van der Waals surface area (Å²) in [5.41, 5.74) is 1.83. The van der Waals surface area contributed by atoms with E-state index in [1.165, 1.54) is 64.5 Å². The molecule has 0 spiro atoms. The number of hydrogen-bond acceptors (Lipinski definition) is 9. The molecule has 0 fully saturated rings. The summed E-state index contributed by atoms with van der Waals surface area (Å²) in [6.07, 6.45) is 0. The van der Waals surface area contributed by atoms with Crippen molar-refractivity contribution in [2.45, 2.75) is 0 Å². The lowest BCUT2D eigenvalue weighted by atomic mass is 10.1. The van der Waals surface area contributed by atoms with Gasteiger partial charge in [-0.1, -0.05) is 30.3 Å². The number of nitro benzene ring substituents is 2. The summed E-state index contributed by atoms with van der Waals surface area (Å²) in [5, 5.41) is 35.3. The van der Waals surface area contributed by atoms with Crippen LogP contribution in [0.3, 0.4) is 0 Å². The van der Waals surface area contributed by atoms with Gasteiger partial charge in [0.1, 0.15) is 0 Å². The molecule has 12 nitrogen and oxygen atoms in total. The molecule has 5 aromatic rings. The Labute approximate surface area is 211 Å². The van der Waals surface area contributed by atoms with Crippen LogP contribution in [0.5, 0.6) is 0 Å². The minimum Gasteiger partial charge on any atom is -0.286 e. The van der Waals surface area contributed by atoms with E-state index < -0.39 is 15.4 Å². The zero-order valence-corrected chi connectivity index (χ0v) is 19.5. The Morgan fingerprint density at radius 2 is 1.43 bits per heavy atom. The van der Waals surface area contributed by atoms with Gasteiger partial charge in [-0.25, -0.2) is 4.98 Å². The maximum atomic E-state index is 13.4. The highest BCUT2D eigenvalue weighted by molar-refractivity contribution is 7.12. The van der Waals surface area contributed by atoms with Crippen molar-refractivity contribution in [2.75, 3.05) is 0 Å². The molecule has 182 valence electrons. The number of non-ortho nitro benzene ring substituents is 2. The topological polar surface area (TPSA) is 162 Å². The van der Waals surface area contributed by atoms with Gasteiger partial charge in [-0.05, 0) is 24.3 Å². The maximum Gasteiger partial charge on any atom is 0.301 e. The molecule has 5 rings (SSSR count). The van der Waals surface area contributed by atoms with E-state index in [0.29, 0.717) is 22.1 Å². The van der Waals surface area contributed by atoms with Gasteiger partial charge in [0.05, 0.1) is 26.9 Å². The number of rotatable bonds is 7. The lowest BCUT2D eigenvalue weighted by Crippen LogP contribution is -2.13. The number of thiazole rings is 1. The fraction of sp³-hybridized carbons (Fsp3) is 0. The van der Waals surface area contributed by atoms with E-state index in [1.54, 1.807) is 0 Å². The van der Waals surface area contributed by atoms with Crippen molar-refractivity contribution in [3.05, 3.63) is 115 Å². The number of aromatic nitrogens is 3. The number of nitrogens with zero attached hydrogens (tertiary/aromatic N) is 6. The summed E-state index contributed by atoms with van der Waals surface area (Å²) in [5.74, 6) is 0. The van der Waals surface area contributed by atoms with Gasteiger partial charge in [0.25, 0.3) is 11.4 Å². The minimum absolute atomic E-state index is 0.0522. The molecule has 1 N–H and O–H groups in total. The summed E-state index contributed by atoms with van der Waals surface area (Å²) in [6, 6.07) is 20.5. The molecule has 2 heterocycles. The summed E-state index contributed by atoms with van der Waals surface area (Å²) >= 11 is 1.25. The van der Waals surface area contributed by atoms with Crippen LogP contribution < -0.4 is 5.56 Å². The normalized spacial score (nSPS) is 11.1. The lowest BCUT2D eigenvalue weighted by Gasteiger charge is -2.00. The first-order chi connectivity index (χ1) is 17.9. The second kappa shape index (κ2) is 9.75. The van der Waals surface area contributed by atoms with E-state index in [0.717, 1.165) is 5.56 Å². The standard InChI is InChI=1S/C24H15N7O5S/c32-23-22(27-26-17-8-12-19(13-9-17)31(35)36)21(16-6-10-18(11-7-16)30(33)34)28-29(23)24-25-20(14-37-24)15-4-2-1-3-5-15/h1-14,28H. The molecule has 0 aliphatic heterocycles. The average Bonchev–Trinajstić information content (AvgIpc) is 3.53. The summed E-state index contributed by atoms with van der Waals surface area (Å²) in [7, 11) is 0. The van der Waals surface area contributed by atoms with Crippen molar-refractivity contribution in [1.82, 2.24) is 14.8 Å². The first-order valence-electron chi connectivity index (χ1n) is 10.7. The van der Waals surface area contributed by atoms with Crippen molar-refractivity contribution in [3.8, 4) is 27.6 Å². The van der Waals surface area contributed by atoms with Crippen LogP contribution in [0.2, 0.25) is 0 Å². The van der Waals surface area contributed by atoms with E-state index in [1.807, 2.05) is 35.7 Å². The Kier molecular flexibility index (Phi) is 6.18. The lowest BCUT2D eigenvalue weighted by molar-refractivity contribution is -0.385. The quantitative estimate of drug-likeness (QED) is 0.155. The molecule has 0 bridgehead atoms. The molecule has 0 saturated carbocycles. The maximum absolute atomic E-state index is 13.4. The van der Waals surface area contributed by atoms with Crippen LogP contribution in [-0.4, -0.2) is 24.6 Å². The van der Waals surface area contributed by atoms with Crippen LogP contribution in [0.1, 0.15) is 0 Å². The largest absolute Gasteiger partial charge is 0.301 e. The third kappa shape index (κ3) is 4.78. The molecular weight excluding hydrogens is 498 g/mol. The fourth-order valence-corrected chi connectivity index (χ4v) is 4.25. The van der Waals surface area contributed by atoms with Gasteiger partial charge in [-0.3, -0.25) is 30.1 Å². The van der Waals surface area contributed by atoms with Crippen LogP contribution in [-0.2, 0) is 0 Å². The van der Waals surface area contributed by atoms with E-state index >= 15 is 0 Å². The molecule has 0 aliphatic carbocycles. The first-order valence-corrected chi connectivity index (χ1v) is 11.6. The summed E-state index contributed by atoms with van der Waals surface area (Å²) in [6.45, 7) is 0. The van der Waals surface area contributed by atoms with Crippen molar-refractivity contribution in [3.63, 3.8) is 0 Å². The van der Waals surface area contributed by atoms with Crippen molar-refractivity contribution < 1.29 is 9.85 Å². The van der Waals surface area contributed by atoms with E-state index in [4.69, 9.17) is 0 Å². The second-order valence-corrected chi connectivity index (χ2v) is 8.47. The molecule has 0 radical (unpaired) electrons. The van der Waals surface area contributed by atoms with Gasteiger partial charge in [-0.15, -0.1) is 16.5 Å². The zero-order chi connectivity index (χ0) is 25.9. The van der Waals surface area contributed by atoms with Crippen LogP contribution >= 0.6 is 11.3 Å². The Hall–Kier alpha value is -5.30. The molecule has 0 amide bonds. The van der Waals surface area contributed by atoms with E-state index in [-0.39, 0.29) is 22.8 Å². The molecule has 0 atom stereocenters. The predicted molar refractivity (Wildman–Crippen MR) is 137 cm³/mol. The molecule has 37 heavy (non-hydrogen) atoms. The van der Waals surface area contributed by atoms with Gasteiger partial charge in [0.2, 0.25) is 5.13 Å². The van der Waals surface area contributed by atoms with Crippen molar-refractivity contribution >= 4 is 34.1 Å². The number of hydrogen-bond donors (Lipinski definition) is 1. The molecule has 0 saturated heterocycles. The minimum atomic E-state index is -0.534. The number of nitrogens with one attached hydrogen (secondary N) is 1. The highest BCUT2D eigenvalue weighted by atomic mass is 32.1. The smallest absolute Gasteiger partial charge is 0.286 e. The molecule has 3 aromatic carbocycles. The van der Waals surface area contributed by atoms with Gasteiger partial charge < -0.3 is 0 Å². The Morgan fingerprint density at radius 1 is 0.811 bits per heavy atom. The number of azo groups is 1. The highest BCUT2D eigenvalue weighted by Gasteiger charge is 2.20. The van der Waals surface area contributed by atoms with Crippen LogP contribution in [0, 0.1) is 20.2 Å². The number of aromatic amines is 1. The van der Waals surface area contributed by atoms with Crippen LogP contribution in [0.15, 0.2) is 99.3 Å². The second-order valence-electron chi connectivity index (χ2n) is 7.63. The van der Waals surface area contributed by atoms with E-state index in [9.17, 15) is 25.0 Å². The highest BCUT2D eigenvalue weighted by Crippen LogP contribution is 2.31. The Morgan fingerprint density at radius 3 is 2.05 bits per heavy atom. The third-order valence-electron chi connectivity index (χ3n) is 5.31. The number of benzene rings is 3. The molecule has 0 unspecified atom stereocenters. The zero-order valence-electron chi connectivity index (χ0n) is 18.7. The van der Waals surface area contributed by atoms with Gasteiger partial charge >= 0.3 is 5.56 Å². The Bertz CT molecular complexity index is 1690. The van der Waals surface area contributed by atoms with Crippen LogP contribution in [0.25, 0.3) is 27.6 Å². The van der Waals surface area contributed by atoms with Gasteiger partial charge in [-0.2, -0.15) is 9.80 Å². The van der Waals surface area contributed by atoms with Gasteiger partial charge in [0.15, 0.2) is 5.69 Å². The van der Waals surface area contributed by atoms with Gasteiger partial charge in [0, 0.05) is 40.8 Å². The molecule has 0 aliphatic rings. The van der Waals surface area contributed by atoms with Crippen molar-refractivity contribution in [2.24, 2.45) is 10.2 Å².